The van der Waals surface area contributed by atoms with E-state index in [0.29, 0.717) is 36.9 Å². The van der Waals surface area contributed by atoms with Crippen molar-refractivity contribution in [3.05, 3.63) is 86.5 Å². The summed E-state index contributed by atoms with van der Waals surface area (Å²) < 4.78 is 0. The summed E-state index contributed by atoms with van der Waals surface area (Å²) in [6.45, 7) is 43.9. The molecule has 4 N–H and O–H groups in total. The van der Waals surface area contributed by atoms with Gasteiger partial charge in [-0.1, -0.05) is 161 Å². The molecule has 5 nitrogen and oxygen atoms in total. The number of nitrogens with zero attached hydrogens (tertiary/aromatic N) is 1. The van der Waals surface area contributed by atoms with Crippen LogP contribution in [0.5, 0.6) is 17.2 Å². The maximum absolute atomic E-state index is 11.9. The molecule has 0 aliphatic carbocycles. The van der Waals surface area contributed by atoms with Crippen LogP contribution in [0.2, 0.25) is 0 Å². The standard InChI is InChI=1S/C45H69NO3.C3H8O.Zr/c1-40(2,3)31-19-28(37(47)34(22-31)43(10,11)12)25-46(26-29-20-32(41(4,5)6)23-35(38(29)48)44(13,14)15)27-30-21-33(42(7,8)9)24-36(39(30)49)45(16,17)18;1-3(2)4;/h19-24,47-49H,25-27H2,1-18H3;3-4H,1-2H3;. The van der Waals surface area contributed by atoms with Crippen LogP contribution in [0.25, 0.3) is 0 Å². The minimum Gasteiger partial charge on any atom is -0.507 e. The Morgan fingerprint density at radius 1 is 0.407 bits per heavy atom. The van der Waals surface area contributed by atoms with Crippen LogP contribution in [0.3, 0.4) is 0 Å². The Bertz CT molecular complexity index is 1510. The first-order valence-electron chi connectivity index (χ1n) is 19.6. The quantitative estimate of drug-likeness (QED) is 0.199. The van der Waals surface area contributed by atoms with Crippen LogP contribution in [-0.4, -0.2) is 31.4 Å². The van der Waals surface area contributed by atoms with Crippen molar-refractivity contribution in [2.45, 2.75) is 197 Å². The molecule has 302 valence electrons. The van der Waals surface area contributed by atoms with Gasteiger partial charge in [-0.25, -0.2) is 0 Å². The molecule has 0 saturated carbocycles. The number of aliphatic hydroxyl groups is 1. The SMILES string of the molecule is CC(C)(C)c1cc(CN(Cc2cc(C(C)(C)C)cc(C(C)(C)C)c2O)Cc2cc(C(C)(C)C)cc(C(C)(C)C)c2O)c(O)c(C(C)(C)C)c1.CC(C)O.[Zr]. The van der Waals surface area contributed by atoms with Crippen molar-refractivity contribution in [2.75, 3.05) is 0 Å². The number of phenolic OH excluding ortho intramolecular Hbond substituents is 3. The van der Waals surface area contributed by atoms with Crippen molar-refractivity contribution in [3.8, 4) is 17.2 Å². The van der Waals surface area contributed by atoms with Crippen molar-refractivity contribution < 1.29 is 46.6 Å². The van der Waals surface area contributed by atoms with Crippen molar-refractivity contribution in [1.29, 1.82) is 0 Å². The number of hydrogen-bond donors (Lipinski definition) is 4. The van der Waals surface area contributed by atoms with Crippen LogP contribution in [-0.2, 0) is 78.3 Å². The average molecular weight is 823 g/mol. The second kappa shape index (κ2) is 17.6. The molecule has 3 aromatic carbocycles. The topological polar surface area (TPSA) is 84.2 Å². The second-order valence-electron chi connectivity index (χ2n) is 21.8. The fraction of sp³-hybridized carbons (Fsp3) is 0.625. The average Bonchev–Trinajstić information content (AvgIpc) is 2.92. The van der Waals surface area contributed by atoms with Gasteiger partial charge in [-0.3, -0.25) is 4.90 Å². The molecule has 0 fully saturated rings. The zero-order valence-corrected chi connectivity index (χ0v) is 40.4. The molecule has 0 amide bonds. The van der Waals surface area contributed by atoms with Crippen LogP contribution in [0.1, 0.15) is 189 Å². The maximum atomic E-state index is 11.9. The number of benzene rings is 3. The molecule has 0 unspecified atom stereocenters. The summed E-state index contributed by atoms with van der Waals surface area (Å²) in [5.41, 5.74) is 7.72. The van der Waals surface area contributed by atoms with Gasteiger partial charge in [-0.05, 0) is 79.7 Å². The largest absolute Gasteiger partial charge is 0.507 e. The smallest absolute Gasteiger partial charge is 0.123 e. The third-order valence-corrected chi connectivity index (χ3v) is 9.77. The van der Waals surface area contributed by atoms with E-state index in [2.05, 4.69) is 166 Å². The third kappa shape index (κ3) is 13.5. The number of rotatable bonds is 6. The third-order valence-electron chi connectivity index (χ3n) is 9.77. The molecule has 0 aromatic heterocycles. The fourth-order valence-electron chi connectivity index (χ4n) is 6.35. The van der Waals surface area contributed by atoms with Crippen LogP contribution in [0.15, 0.2) is 36.4 Å². The minimum absolute atomic E-state index is 0. The first kappa shape index (κ1) is 49.9. The van der Waals surface area contributed by atoms with Gasteiger partial charge < -0.3 is 20.4 Å². The van der Waals surface area contributed by atoms with E-state index in [4.69, 9.17) is 5.11 Å². The second-order valence-corrected chi connectivity index (χ2v) is 21.8. The van der Waals surface area contributed by atoms with Crippen LogP contribution >= 0.6 is 0 Å². The van der Waals surface area contributed by atoms with E-state index in [1.54, 1.807) is 13.8 Å². The maximum Gasteiger partial charge on any atom is 0.123 e. The van der Waals surface area contributed by atoms with Gasteiger partial charge in [0.15, 0.2) is 0 Å². The molecule has 0 radical (unpaired) electrons. The predicted molar refractivity (Wildman–Crippen MR) is 227 cm³/mol. The number of aromatic hydroxyl groups is 3. The van der Waals surface area contributed by atoms with Gasteiger partial charge in [0.25, 0.3) is 0 Å². The van der Waals surface area contributed by atoms with Gasteiger partial charge in [0.1, 0.15) is 17.2 Å². The summed E-state index contributed by atoms with van der Waals surface area (Å²) in [6.07, 6.45) is -0.167. The van der Waals surface area contributed by atoms with Gasteiger partial charge in [0.05, 0.1) is 0 Å². The first-order valence-corrected chi connectivity index (χ1v) is 19.6. The van der Waals surface area contributed by atoms with E-state index in [1.165, 1.54) is 16.7 Å². The zero-order chi connectivity index (χ0) is 41.4. The number of hydrogen-bond acceptors (Lipinski definition) is 5. The van der Waals surface area contributed by atoms with E-state index in [1.807, 2.05) is 0 Å². The molecule has 6 heteroatoms. The Hall–Kier alpha value is -2.14. The Labute approximate surface area is 350 Å². The molecule has 54 heavy (non-hydrogen) atoms. The summed E-state index contributed by atoms with van der Waals surface area (Å²) in [5.74, 6) is 0.949. The number of aliphatic hydroxyl groups excluding tert-OH is 1. The molecular weight excluding hydrogens is 746 g/mol. The van der Waals surface area contributed by atoms with Crippen molar-refractivity contribution in [2.24, 2.45) is 0 Å². The summed E-state index contributed by atoms with van der Waals surface area (Å²) in [4.78, 5) is 2.27. The van der Waals surface area contributed by atoms with Crippen molar-refractivity contribution in [3.63, 3.8) is 0 Å². The van der Waals surface area contributed by atoms with E-state index in [9.17, 15) is 15.3 Å². The van der Waals surface area contributed by atoms with E-state index < -0.39 is 0 Å². The zero-order valence-electron chi connectivity index (χ0n) is 37.9. The Balaban J connectivity index is 0.00000277. The van der Waals surface area contributed by atoms with Gasteiger partial charge in [-0.15, -0.1) is 0 Å². The van der Waals surface area contributed by atoms with E-state index in [0.717, 1.165) is 33.4 Å². The first-order chi connectivity index (χ1) is 23.5. The molecule has 0 heterocycles. The Morgan fingerprint density at radius 2 is 0.593 bits per heavy atom. The summed E-state index contributed by atoms with van der Waals surface area (Å²) in [5, 5.41) is 43.7. The van der Waals surface area contributed by atoms with Gasteiger partial charge in [-0.2, -0.15) is 0 Å². The van der Waals surface area contributed by atoms with Crippen LogP contribution < -0.4 is 0 Å². The van der Waals surface area contributed by atoms with Crippen LogP contribution in [0, 0.1) is 0 Å². The summed E-state index contributed by atoms with van der Waals surface area (Å²) in [6, 6.07) is 12.9. The Kier molecular flexibility index (Phi) is 16.2. The molecule has 0 bridgehead atoms. The van der Waals surface area contributed by atoms with Crippen molar-refractivity contribution >= 4 is 0 Å². The fourth-order valence-corrected chi connectivity index (χ4v) is 6.35. The molecule has 0 spiro atoms. The molecule has 3 aromatic rings. The molecule has 3 rings (SSSR count). The monoisotopic (exact) mass is 821 g/mol. The number of phenols is 3. The van der Waals surface area contributed by atoms with Crippen molar-refractivity contribution in [1.82, 2.24) is 4.90 Å². The van der Waals surface area contributed by atoms with Gasteiger partial charge >= 0.3 is 0 Å². The minimum atomic E-state index is -0.257. The summed E-state index contributed by atoms with van der Waals surface area (Å²) >= 11 is 0. The van der Waals surface area contributed by atoms with Gasteiger partial charge in [0, 0.05) is 68.6 Å². The predicted octanol–water partition coefficient (Wildman–Crippen LogP) is 12.2. The molecule has 0 aliphatic heterocycles. The molecular formula is C48H77NO4Zr. The van der Waals surface area contributed by atoms with Crippen LogP contribution in [0.4, 0.5) is 0 Å². The molecule has 0 saturated heterocycles. The Morgan fingerprint density at radius 3 is 0.741 bits per heavy atom. The molecule has 0 aliphatic rings. The molecule has 0 atom stereocenters. The normalized spacial score (nSPS) is 13.2. The summed E-state index contributed by atoms with van der Waals surface area (Å²) in [7, 11) is 0. The van der Waals surface area contributed by atoms with E-state index >= 15 is 0 Å². The van der Waals surface area contributed by atoms with E-state index in [-0.39, 0.29) is 64.8 Å². The van der Waals surface area contributed by atoms with Gasteiger partial charge in [0.2, 0.25) is 0 Å².